The molecular weight excluding hydrogens is 346 g/mol. The molecule has 1 fully saturated rings. The third kappa shape index (κ3) is 5.04. The SMILES string of the molecule is CCN(CC(=O)O)C1CC(NC(=O)c2cc(Oc3ccccc3)ccn2)C1. The van der Waals surface area contributed by atoms with E-state index in [4.69, 9.17) is 9.84 Å². The van der Waals surface area contributed by atoms with Crippen molar-refractivity contribution in [2.45, 2.75) is 31.8 Å². The van der Waals surface area contributed by atoms with Crippen molar-refractivity contribution in [3.8, 4) is 11.5 Å². The molecule has 1 aromatic heterocycles. The van der Waals surface area contributed by atoms with E-state index in [-0.39, 0.29) is 24.5 Å². The standard InChI is InChI=1S/C20H23N3O4/c1-2-23(13-19(24)25)15-10-14(11-15)22-20(26)18-12-17(8-9-21-18)27-16-6-4-3-5-7-16/h3-9,12,14-15H,2,10-11,13H2,1H3,(H,22,26)(H,24,25). The van der Waals surface area contributed by atoms with Gasteiger partial charge in [0.2, 0.25) is 0 Å². The quantitative estimate of drug-likeness (QED) is 0.743. The lowest BCUT2D eigenvalue weighted by Crippen LogP contribution is -2.54. The van der Waals surface area contributed by atoms with Crippen LogP contribution in [0.4, 0.5) is 0 Å². The largest absolute Gasteiger partial charge is 0.480 e. The molecule has 7 nitrogen and oxygen atoms in total. The third-order valence-corrected chi connectivity index (χ3v) is 4.65. The molecule has 1 aliphatic carbocycles. The van der Waals surface area contributed by atoms with Crippen LogP contribution >= 0.6 is 0 Å². The van der Waals surface area contributed by atoms with Crippen LogP contribution in [-0.2, 0) is 4.79 Å². The highest BCUT2D eigenvalue weighted by Gasteiger charge is 2.34. The Balaban J connectivity index is 1.53. The molecule has 0 unspecified atom stereocenters. The Morgan fingerprint density at radius 2 is 1.96 bits per heavy atom. The molecule has 1 saturated carbocycles. The second-order valence-corrected chi connectivity index (χ2v) is 6.54. The fourth-order valence-corrected chi connectivity index (χ4v) is 3.16. The van der Waals surface area contributed by atoms with Crippen LogP contribution in [0.2, 0.25) is 0 Å². The highest BCUT2D eigenvalue weighted by Crippen LogP contribution is 2.26. The summed E-state index contributed by atoms with van der Waals surface area (Å²) >= 11 is 0. The number of hydrogen-bond acceptors (Lipinski definition) is 5. The maximum Gasteiger partial charge on any atom is 0.317 e. The van der Waals surface area contributed by atoms with E-state index in [2.05, 4.69) is 10.3 Å². The van der Waals surface area contributed by atoms with Crippen LogP contribution in [0.1, 0.15) is 30.3 Å². The van der Waals surface area contributed by atoms with Crippen molar-refractivity contribution in [3.63, 3.8) is 0 Å². The maximum absolute atomic E-state index is 12.4. The van der Waals surface area contributed by atoms with Crippen LogP contribution in [0.15, 0.2) is 48.7 Å². The summed E-state index contributed by atoms with van der Waals surface area (Å²) in [5, 5.41) is 11.9. The van der Waals surface area contributed by atoms with Gasteiger partial charge < -0.3 is 15.2 Å². The summed E-state index contributed by atoms with van der Waals surface area (Å²) in [6.45, 7) is 2.65. The van der Waals surface area contributed by atoms with Gasteiger partial charge in [0.15, 0.2) is 0 Å². The van der Waals surface area contributed by atoms with E-state index < -0.39 is 5.97 Å². The predicted molar refractivity (Wildman–Crippen MR) is 99.9 cm³/mol. The number of carboxylic acid groups (broad SMARTS) is 1. The lowest BCUT2D eigenvalue weighted by atomic mass is 9.85. The van der Waals surface area contributed by atoms with E-state index in [1.54, 1.807) is 18.3 Å². The summed E-state index contributed by atoms with van der Waals surface area (Å²) in [6, 6.07) is 12.9. The average molecular weight is 369 g/mol. The summed E-state index contributed by atoms with van der Waals surface area (Å²) in [4.78, 5) is 29.4. The van der Waals surface area contributed by atoms with Crippen molar-refractivity contribution in [2.24, 2.45) is 0 Å². The number of aromatic nitrogens is 1. The van der Waals surface area contributed by atoms with Crippen LogP contribution in [0, 0.1) is 0 Å². The van der Waals surface area contributed by atoms with Crippen molar-refractivity contribution < 1.29 is 19.4 Å². The van der Waals surface area contributed by atoms with Crippen LogP contribution in [0.25, 0.3) is 0 Å². The van der Waals surface area contributed by atoms with Gasteiger partial charge in [-0.15, -0.1) is 0 Å². The lowest BCUT2D eigenvalue weighted by Gasteiger charge is -2.42. The maximum atomic E-state index is 12.4. The number of aliphatic carboxylic acids is 1. The number of carbonyl (C=O) groups is 2. The molecule has 142 valence electrons. The minimum absolute atomic E-state index is 0.0300. The summed E-state index contributed by atoms with van der Waals surface area (Å²) in [5.41, 5.74) is 0.296. The van der Waals surface area contributed by atoms with Crippen molar-refractivity contribution >= 4 is 11.9 Å². The number of hydrogen-bond donors (Lipinski definition) is 2. The molecule has 1 aromatic carbocycles. The number of nitrogens with one attached hydrogen (secondary N) is 1. The first-order valence-corrected chi connectivity index (χ1v) is 9.00. The van der Waals surface area contributed by atoms with Crippen LogP contribution in [0.3, 0.4) is 0 Å². The number of pyridine rings is 1. The molecule has 2 aromatic rings. The van der Waals surface area contributed by atoms with Crippen LogP contribution < -0.4 is 10.1 Å². The molecule has 27 heavy (non-hydrogen) atoms. The number of nitrogens with zero attached hydrogens (tertiary/aromatic N) is 2. The van der Waals surface area contributed by atoms with E-state index in [1.165, 1.54) is 0 Å². The van der Waals surface area contributed by atoms with Gasteiger partial charge in [0.05, 0.1) is 6.54 Å². The zero-order chi connectivity index (χ0) is 19.2. The summed E-state index contributed by atoms with van der Waals surface area (Å²) in [5.74, 6) is 0.156. The zero-order valence-corrected chi connectivity index (χ0v) is 15.2. The molecule has 0 aliphatic heterocycles. The van der Waals surface area contributed by atoms with E-state index in [0.717, 1.165) is 12.8 Å². The molecule has 1 amide bonds. The van der Waals surface area contributed by atoms with Crippen molar-refractivity contribution in [1.82, 2.24) is 15.2 Å². The highest BCUT2D eigenvalue weighted by molar-refractivity contribution is 5.92. The minimum atomic E-state index is -0.830. The van der Waals surface area contributed by atoms with E-state index in [0.29, 0.717) is 23.7 Å². The van der Waals surface area contributed by atoms with Gasteiger partial charge in [0, 0.05) is 24.3 Å². The highest BCUT2D eigenvalue weighted by atomic mass is 16.5. The third-order valence-electron chi connectivity index (χ3n) is 4.65. The molecule has 0 saturated heterocycles. The number of likely N-dealkylation sites (N-methyl/N-ethyl adjacent to an activating group) is 1. The number of carboxylic acids is 1. The first kappa shape index (κ1) is 18.8. The van der Waals surface area contributed by atoms with E-state index >= 15 is 0 Å². The van der Waals surface area contributed by atoms with Gasteiger partial charge in [-0.25, -0.2) is 0 Å². The fourth-order valence-electron chi connectivity index (χ4n) is 3.16. The zero-order valence-electron chi connectivity index (χ0n) is 15.2. The van der Waals surface area contributed by atoms with Crippen molar-refractivity contribution in [1.29, 1.82) is 0 Å². The normalized spacial score (nSPS) is 18.6. The number of para-hydroxylation sites is 1. The molecule has 7 heteroatoms. The molecule has 1 aliphatic rings. The molecule has 0 spiro atoms. The average Bonchev–Trinajstić information content (AvgIpc) is 2.63. The van der Waals surface area contributed by atoms with Crippen molar-refractivity contribution in [3.05, 3.63) is 54.4 Å². The van der Waals surface area contributed by atoms with Gasteiger partial charge in [-0.1, -0.05) is 25.1 Å². The predicted octanol–water partition coefficient (Wildman–Crippen LogP) is 2.54. The molecule has 0 atom stereocenters. The Morgan fingerprint density at radius 3 is 2.63 bits per heavy atom. The first-order chi connectivity index (χ1) is 13.0. The molecule has 3 rings (SSSR count). The van der Waals surface area contributed by atoms with Crippen molar-refractivity contribution in [2.75, 3.05) is 13.1 Å². The second kappa shape index (κ2) is 8.64. The van der Waals surface area contributed by atoms with Gasteiger partial charge in [0.1, 0.15) is 17.2 Å². The minimum Gasteiger partial charge on any atom is -0.480 e. The fraction of sp³-hybridized carbons (Fsp3) is 0.350. The Kier molecular flexibility index (Phi) is 6.03. The van der Waals surface area contributed by atoms with E-state index in [9.17, 15) is 9.59 Å². The number of carbonyl (C=O) groups excluding carboxylic acids is 1. The second-order valence-electron chi connectivity index (χ2n) is 6.54. The molecule has 0 radical (unpaired) electrons. The molecule has 2 N–H and O–H groups in total. The van der Waals surface area contributed by atoms with E-state index in [1.807, 2.05) is 42.2 Å². The Bertz CT molecular complexity index is 791. The lowest BCUT2D eigenvalue weighted by molar-refractivity contribution is -0.139. The van der Waals surface area contributed by atoms with Gasteiger partial charge in [0.25, 0.3) is 5.91 Å². The number of benzene rings is 1. The van der Waals surface area contributed by atoms with Crippen LogP contribution in [0.5, 0.6) is 11.5 Å². The summed E-state index contributed by atoms with van der Waals surface area (Å²) in [7, 11) is 0. The number of ether oxygens (including phenoxy) is 1. The Morgan fingerprint density at radius 1 is 1.22 bits per heavy atom. The first-order valence-electron chi connectivity index (χ1n) is 9.00. The number of amides is 1. The van der Waals surface area contributed by atoms with Gasteiger partial charge >= 0.3 is 5.97 Å². The van der Waals surface area contributed by atoms with Gasteiger partial charge in [-0.2, -0.15) is 0 Å². The smallest absolute Gasteiger partial charge is 0.317 e. The topological polar surface area (TPSA) is 91.8 Å². The van der Waals surface area contributed by atoms with Gasteiger partial charge in [-0.05, 0) is 37.6 Å². The molecule has 1 heterocycles. The Labute approximate surface area is 158 Å². The van der Waals surface area contributed by atoms with Crippen LogP contribution in [-0.4, -0.2) is 52.0 Å². The Hall–Kier alpha value is -2.93. The summed E-state index contributed by atoms with van der Waals surface area (Å²) in [6.07, 6.45) is 3.03. The number of rotatable bonds is 8. The van der Waals surface area contributed by atoms with Gasteiger partial charge in [-0.3, -0.25) is 19.5 Å². The molecular formula is C20H23N3O4. The summed E-state index contributed by atoms with van der Waals surface area (Å²) < 4.78 is 5.73. The molecule has 0 bridgehead atoms. The monoisotopic (exact) mass is 369 g/mol.